The monoisotopic (exact) mass is 565 g/mol. The van der Waals surface area contributed by atoms with E-state index in [0.29, 0.717) is 0 Å². The summed E-state index contributed by atoms with van der Waals surface area (Å²) in [6.07, 6.45) is 0.872. The van der Waals surface area contributed by atoms with Gasteiger partial charge in [-0.05, 0) is 53.6 Å². The molecule has 0 saturated heterocycles. The number of hydrogen-bond donors (Lipinski definition) is 0. The number of nitrogens with zero attached hydrogens (tertiary/aromatic N) is 3. The second kappa shape index (κ2) is 9.65. The van der Waals surface area contributed by atoms with E-state index in [-0.39, 0.29) is 0 Å². The van der Waals surface area contributed by atoms with Gasteiger partial charge in [-0.25, -0.2) is 9.97 Å². The van der Waals surface area contributed by atoms with Gasteiger partial charge in [-0.2, -0.15) is 0 Å². The van der Waals surface area contributed by atoms with Gasteiger partial charge in [0, 0.05) is 44.6 Å². The molecule has 0 amide bonds. The third-order valence-corrected chi connectivity index (χ3v) is 8.77. The van der Waals surface area contributed by atoms with Gasteiger partial charge in [0.1, 0.15) is 17.0 Å². The van der Waals surface area contributed by atoms with Gasteiger partial charge in [0.15, 0.2) is 0 Å². The van der Waals surface area contributed by atoms with Gasteiger partial charge in [0.2, 0.25) is 0 Å². The predicted octanol–water partition coefficient (Wildman–Crippen LogP) is 10.5. The molecule has 44 heavy (non-hydrogen) atoms. The first-order chi connectivity index (χ1) is 21.8. The molecule has 4 heteroatoms. The first-order valence-electron chi connectivity index (χ1n) is 15.1. The molecular weight excluding hydrogens is 538 g/mol. The molecule has 9 aromatic rings. The van der Waals surface area contributed by atoms with E-state index in [2.05, 4.69) is 121 Å². The van der Waals surface area contributed by atoms with Crippen LogP contribution in [0.4, 0.5) is 0 Å². The van der Waals surface area contributed by atoms with E-state index < -0.39 is 0 Å². The minimum atomic E-state index is 0.872. The highest BCUT2D eigenvalue weighted by atomic mass is 16.3. The number of fused-ring (bicyclic) bond motifs is 8. The lowest BCUT2D eigenvalue weighted by atomic mass is 9.96. The van der Waals surface area contributed by atoms with Gasteiger partial charge < -0.3 is 4.42 Å². The summed E-state index contributed by atoms with van der Waals surface area (Å²) in [5.74, 6) is 1.07. The van der Waals surface area contributed by atoms with Crippen LogP contribution >= 0.6 is 0 Å². The fourth-order valence-corrected chi connectivity index (χ4v) is 6.66. The Hall–Kier alpha value is -5.74. The number of aryl methyl sites for hydroxylation is 1. The quantitative estimate of drug-likeness (QED) is 0.199. The smallest absolute Gasteiger partial charge is 0.144 e. The van der Waals surface area contributed by atoms with Crippen molar-refractivity contribution in [1.29, 1.82) is 0 Å². The Kier molecular flexibility index (Phi) is 5.44. The first kappa shape index (κ1) is 24.8. The number of pyridine rings is 1. The Labute approximate surface area is 253 Å². The molecule has 0 aliphatic carbocycles. The molecule has 0 unspecified atom stereocenters. The molecule has 0 aliphatic heterocycles. The molecule has 4 nitrogen and oxygen atoms in total. The van der Waals surface area contributed by atoms with E-state index in [9.17, 15) is 0 Å². The standard InChI is InChI=1S/C40H27N3O/c1-2-37-41-34-12-6-7-13-35(34)43(37)28-21-19-26(20-22-28)25-15-17-27(18-16-25)39-32-24-23-30-29-9-4-8-14-36(29)44-40(30)38(32)31-10-3-5-11-33(31)42-39/h3-24H,2H2,1H3. The summed E-state index contributed by atoms with van der Waals surface area (Å²) in [4.78, 5) is 10.0. The summed E-state index contributed by atoms with van der Waals surface area (Å²) < 4.78 is 8.74. The molecule has 9 rings (SSSR count). The van der Waals surface area contributed by atoms with Crippen LogP contribution in [0.25, 0.3) is 82.7 Å². The summed E-state index contributed by atoms with van der Waals surface area (Å²) in [5.41, 5.74) is 10.4. The van der Waals surface area contributed by atoms with Crippen molar-refractivity contribution in [1.82, 2.24) is 14.5 Å². The van der Waals surface area contributed by atoms with E-state index in [1.165, 1.54) is 5.56 Å². The van der Waals surface area contributed by atoms with Crippen molar-refractivity contribution in [3.8, 4) is 28.1 Å². The molecule has 0 atom stereocenters. The normalized spacial score (nSPS) is 11.8. The Morgan fingerprint density at radius 3 is 1.98 bits per heavy atom. The van der Waals surface area contributed by atoms with Crippen LogP contribution in [0.15, 0.2) is 138 Å². The van der Waals surface area contributed by atoms with Crippen molar-refractivity contribution < 1.29 is 4.42 Å². The molecule has 0 spiro atoms. The maximum atomic E-state index is 6.48. The molecule has 0 radical (unpaired) electrons. The second-order valence-corrected chi connectivity index (χ2v) is 11.3. The molecule has 0 saturated carbocycles. The number of para-hydroxylation sites is 4. The summed E-state index contributed by atoms with van der Waals surface area (Å²) in [6.45, 7) is 2.15. The number of hydrogen-bond acceptors (Lipinski definition) is 3. The van der Waals surface area contributed by atoms with Crippen LogP contribution in [0, 0.1) is 0 Å². The number of imidazole rings is 1. The molecule has 0 fully saturated rings. The van der Waals surface area contributed by atoms with Crippen molar-refractivity contribution in [3.63, 3.8) is 0 Å². The summed E-state index contributed by atoms with van der Waals surface area (Å²) in [7, 11) is 0. The Bertz CT molecular complexity index is 2520. The van der Waals surface area contributed by atoms with Crippen LogP contribution in [0.3, 0.4) is 0 Å². The van der Waals surface area contributed by atoms with Gasteiger partial charge in [-0.1, -0.05) is 97.9 Å². The lowest BCUT2D eigenvalue weighted by Crippen LogP contribution is -1.99. The fourth-order valence-electron chi connectivity index (χ4n) is 6.66. The number of benzene rings is 6. The van der Waals surface area contributed by atoms with Gasteiger partial charge in [-0.15, -0.1) is 0 Å². The summed E-state index contributed by atoms with van der Waals surface area (Å²) >= 11 is 0. The molecule has 0 N–H and O–H groups in total. The largest absolute Gasteiger partial charge is 0.455 e. The van der Waals surface area contributed by atoms with Crippen LogP contribution < -0.4 is 0 Å². The topological polar surface area (TPSA) is 43.9 Å². The van der Waals surface area contributed by atoms with E-state index >= 15 is 0 Å². The van der Waals surface area contributed by atoms with E-state index in [0.717, 1.165) is 89.4 Å². The lowest BCUT2D eigenvalue weighted by Gasteiger charge is -2.12. The SMILES string of the molecule is CCc1nc2ccccc2n1-c1ccc(-c2ccc(-c3nc4ccccc4c4c3ccc3c5ccccc5oc34)cc2)cc1. The average molecular weight is 566 g/mol. The number of furan rings is 1. The second-order valence-electron chi connectivity index (χ2n) is 11.3. The Morgan fingerprint density at radius 1 is 0.545 bits per heavy atom. The lowest BCUT2D eigenvalue weighted by molar-refractivity contribution is 0.673. The zero-order chi connectivity index (χ0) is 29.2. The molecule has 0 bridgehead atoms. The molecular formula is C40H27N3O. The third-order valence-electron chi connectivity index (χ3n) is 8.77. The highest BCUT2D eigenvalue weighted by Crippen LogP contribution is 2.40. The van der Waals surface area contributed by atoms with Gasteiger partial charge in [0.05, 0.1) is 22.2 Å². The van der Waals surface area contributed by atoms with Gasteiger partial charge in [0.25, 0.3) is 0 Å². The highest BCUT2D eigenvalue weighted by Gasteiger charge is 2.17. The van der Waals surface area contributed by atoms with Crippen LogP contribution in [0.2, 0.25) is 0 Å². The van der Waals surface area contributed by atoms with Crippen molar-refractivity contribution in [2.45, 2.75) is 13.3 Å². The highest BCUT2D eigenvalue weighted by molar-refractivity contribution is 6.24. The molecule has 3 heterocycles. The van der Waals surface area contributed by atoms with Crippen LogP contribution in [-0.4, -0.2) is 14.5 Å². The first-order valence-corrected chi connectivity index (χ1v) is 15.1. The fraction of sp³-hybridized carbons (Fsp3) is 0.0500. The molecule has 208 valence electrons. The van der Waals surface area contributed by atoms with Crippen molar-refractivity contribution in [2.75, 3.05) is 0 Å². The van der Waals surface area contributed by atoms with Crippen molar-refractivity contribution in [2.24, 2.45) is 0 Å². The Morgan fingerprint density at radius 2 is 1.18 bits per heavy atom. The zero-order valence-electron chi connectivity index (χ0n) is 24.2. The van der Waals surface area contributed by atoms with E-state index in [1.807, 2.05) is 24.3 Å². The van der Waals surface area contributed by atoms with E-state index in [4.69, 9.17) is 14.4 Å². The van der Waals surface area contributed by atoms with Gasteiger partial charge >= 0.3 is 0 Å². The van der Waals surface area contributed by atoms with Crippen LogP contribution in [0.5, 0.6) is 0 Å². The predicted molar refractivity (Wildman–Crippen MR) is 181 cm³/mol. The molecule has 3 aromatic heterocycles. The molecule has 6 aromatic carbocycles. The summed E-state index contributed by atoms with van der Waals surface area (Å²) in [5, 5.41) is 5.56. The van der Waals surface area contributed by atoms with Crippen LogP contribution in [0.1, 0.15) is 12.7 Å². The number of aromatic nitrogens is 3. The maximum Gasteiger partial charge on any atom is 0.144 e. The Balaban J connectivity index is 1.14. The van der Waals surface area contributed by atoms with Crippen molar-refractivity contribution >= 4 is 54.6 Å². The minimum Gasteiger partial charge on any atom is -0.455 e. The third kappa shape index (κ3) is 3.71. The minimum absolute atomic E-state index is 0.872. The molecule has 0 aliphatic rings. The number of rotatable bonds is 4. The van der Waals surface area contributed by atoms with Crippen LogP contribution in [-0.2, 0) is 6.42 Å². The average Bonchev–Trinajstić information content (AvgIpc) is 3.66. The zero-order valence-corrected chi connectivity index (χ0v) is 24.2. The van der Waals surface area contributed by atoms with Crippen molar-refractivity contribution in [3.05, 3.63) is 139 Å². The van der Waals surface area contributed by atoms with E-state index in [1.54, 1.807) is 0 Å². The maximum absolute atomic E-state index is 6.48. The summed E-state index contributed by atoms with van der Waals surface area (Å²) in [6, 6.07) is 46.8. The van der Waals surface area contributed by atoms with Gasteiger partial charge in [-0.3, -0.25) is 4.57 Å².